The van der Waals surface area contributed by atoms with E-state index < -0.39 is 17.8 Å². The third-order valence-electron chi connectivity index (χ3n) is 7.09. The van der Waals surface area contributed by atoms with Gasteiger partial charge in [0, 0.05) is 37.9 Å². The van der Waals surface area contributed by atoms with Gasteiger partial charge in [-0.25, -0.2) is 13.8 Å². The number of carbonyl (C=O) groups is 2. The van der Waals surface area contributed by atoms with Crippen LogP contribution in [0.2, 0.25) is 0 Å². The number of hydrogen-bond donors (Lipinski definition) is 1. The average molecular weight is 462 g/mol. The van der Waals surface area contributed by atoms with Gasteiger partial charge >= 0.3 is 5.97 Å². The van der Waals surface area contributed by atoms with Crippen LogP contribution in [0.5, 0.6) is 0 Å². The van der Waals surface area contributed by atoms with E-state index in [9.17, 15) is 23.5 Å². The quantitative estimate of drug-likeness (QED) is 0.688. The van der Waals surface area contributed by atoms with Crippen molar-refractivity contribution in [1.29, 1.82) is 0 Å². The fraction of sp³-hybridized carbons (Fsp3) is 0.640. The Hall–Kier alpha value is -2.51. The first-order valence-corrected chi connectivity index (χ1v) is 11.9. The molecule has 1 amide bonds. The van der Waals surface area contributed by atoms with E-state index >= 15 is 0 Å². The number of alkyl halides is 2. The van der Waals surface area contributed by atoms with Crippen molar-refractivity contribution in [2.75, 3.05) is 13.1 Å². The van der Waals surface area contributed by atoms with Crippen LogP contribution >= 0.6 is 0 Å². The molecule has 0 spiro atoms. The number of benzene rings is 1. The third kappa shape index (κ3) is 4.89. The lowest BCUT2D eigenvalue weighted by Gasteiger charge is -2.30. The number of piperidine rings is 1. The number of carbonyl (C=O) groups excluding carboxylic acids is 1. The molecule has 6 nitrogen and oxygen atoms in total. The summed E-state index contributed by atoms with van der Waals surface area (Å²) < 4.78 is 29.5. The summed E-state index contributed by atoms with van der Waals surface area (Å²) in [5.74, 6) is -2.91. The van der Waals surface area contributed by atoms with Gasteiger partial charge in [-0.3, -0.25) is 9.59 Å². The second-order valence-corrected chi connectivity index (χ2v) is 10.7. The van der Waals surface area contributed by atoms with E-state index in [1.807, 2.05) is 12.1 Å². The number of aromatic nitrogens is 2. The summed E-state index contributed by atoms with van der Waals surface area (Å²) >= 11 is 0. The first-order chi connectivity index (χ1) is 15.5. The Morgan fingerprint density at radius 2 is 1.76 bits per heavy atom. The Morgan fingerprint density at radius 3 is 2.33 bits per heavy atom. The number of halogens is 2. The molecule has 0 unspecified atom stereocenters. The summed E-state index contributed by atoms with van der Waals surface area (Å²) in [6.45, 7) is 7.64. The van der Waals surface area contributed by atoms with E-state index in [-0.39, 0.29) is 30.1 Å². The lowest BCUT2D eigenvalue weighted by atomic mass is 9.86. The number of amides is 1. The van der Waals surface area contributed by atoms with Gasteiger partial charge in [0.25, 0.3) is 5.91 Å². The Morgan fingerprint density at radius 1 is 1.12 bits per heavy atom. The van der Waals surface area contributed by atoms with E-state index in [2.05, 4.69) is 25.3 Å². The Bertz CT molecular complexity index is 1040. The van der Waals surface area contributed by atoms with Crippen molar-refractivity contribution in [2.24, 2.45) is 11.8 Å². The molecule has 0 atom stereocenters. The van der Waals surface area contributed by atoms with Crippen molar-refractivity contribution in [3.05, 3.63) is 29.6 Å². The van der Waals surface area contributed by atoms with Gasteiger partial charge in [0.2, 0.25) is 5.92 Å². The monoisotopic (exact) mass is 461 g/mol. The van der Waals surface area contributed by atoms with Gasteiger partial charge in [-0.1, -0.05) is 26.8 Å². The molecule has 0 radical (unpaired) electrons. The first-order valence-electron chi connectivity index (χ1n) is 11.9. The van der Waals surface area contributed by atoms with E-state index in [1.54, 1.807) is 11.0 Å². The minimum atomic E-state index is -2.56. The van der Waals surface area contributed by atoms with Crippen LogP contribution in [0.15, 0.2) is 18.2 Å². The highest BCUT2D eigenvalue weighted by molar-refractivity contribution is 6.05. The highest BCUT2D eigenvalue weighted by Crippen LogP contribution is 2.38. The molecule has 33 heavy (non-hydrogen) atoms. The van der Waals surface area contributed by atoms with Gasteiger partial charge in [0.15, 0.2) is 0 Å². The van der Waals surface area contributed by atoms with E-state index in [4.69, 9.17) is 4.98 Å². The zero-order valence-electron chi connectivity index (χ0n) is 19.6. The SMILES string of the molecule is CC(C)(C)c1nc2c(C(=O)N3CCC(C(=O)O)CC3)cccc2n1CC1CCC(F)(F)CC1. The molecule has 2 aromatic rings. The molecule has 180 valence electrons. The fourth-order valence-corrected chi connectivity index (χ4v) is 5.12. The second-order valence-electron chi connectivity index (χ2n) is 10.7. The van der Waals surface area contributed by atoms with Crippen LogP contribution in [0.25, 0.3) is 11.0 Å². The molecular formula is C25H33F2N3O3. The second kappa shape index (κ2) is 8.69. The van der Waals surface area contributed by atoms with Crippen molar-refractivity contribution in [3.63, 3.8) is 0 Å². The number of para-hydroxylation sites is 1. The van der Waals surface area contributed by atoms with Crippen molar-refractivity contribution in [1.82, 2.24) is 14.5 Å². The van der Waals surface area contributed by atoms with Crippen LogP contribution in [0.3, 0.4) is 0 Å². The van der Waals surface area contributed by atoms with Gasteiger partial charge in [-0.15, -0.1) is 0 Å². The van der Waals surface area contributed by atoms with Crippen LogP contribution < -0.4 is 0 Å². The third-order valence-corrected chi connectivity index (χ3v) is 7.09. The largest absolute Gasteiger partial charge is 0.481 e. The first kappa shape index (κ1) is 23.6. The molecule has 1 saturated carbocycles. The smallest absolute Gasteiger partial charge is 0.306 e. The Labute approximate surface area is 193 Å². The standard InChI is InChI=1S/C25H33F2N3O3/c1-24(2,3)23-28-20-18(21(31)29-13-9-17(10-14-29)22(32)33)5-4-6-19(20)30(23)15-16-7-11-25(26,27)12-8-16/h4-6,16-17H,7-15H2,1-3H3,(H,32,33). The maximum Gasteiger partial charge on any atom is 0.306 e. The summed E-state index contributed by atoms with van der Waals surface area (Å²) in [6, 6.07) is 5.57. The van der Waals surface area contributed by atoms with Gasteiger partial charge < -0.3 is 14.6 Å². The molecule has 1 N–H and O–H groups in total. The molecule has 2 fully saturated rings. The number of rotatable bonds is 4. The van der Waals surface area contributed by atoms with Gasteiger partial charge in [-0.05, 0) is 43.7 Å². The van der Waals surface area contributed by atoms with Crippen molar-refractivity contribution in [3.8, 4) is 0 Å². The molecule has 1 aliphatic heterocycles. The highest BCUT2D eigenvalue weighted by atomic mass is 19.3. The van der Waals surface area contributed by atoms with Crippen LogP contribution in [-0.4, -0.2) is 50.4 Å². The predicted molar refractivity (Wildman–Crippen MR) is 122 cm³/mol. The number of likely N-dealkylation sites (tertiary alicyclic amines) is 1. The van der Waals surface area contributed by atoms with E-state index in [0.29, 0.717) is 56.4 Å². The van der Waals surface area contributed by atoms with Crippen LogP contribution in [0.4, 0.5) is 8.78 Å². The molecule has 4 rings (SSSR count). The van der Waals surface area contributed by atoms with Crippen molar-refractivity contribution >= 4 is 22.9 Å². The molecule has 1 saturated heterocycles. The summed E-state index contributed by atoms with van der Waals surface area (Å²) in [4.78, 5) is 31.2. The number of fused-ring (bicyclic) bond motifs is 1. The molecule has 1 aliphatic carbocycles. The van der Waals surface area contributed by atoms with Crippen LogP contribution in [-0.2, 0) is 16.8 Å². The Balaban J connectivity index is 1.65. The predicted octanol–water partition coefficient (Wildman–Crippen LogP) is 5.10. The molecule has 1 aromatic heterocycles. The summed E-state index contributed by atoms with van der Waals surface area (Å²) in [6.07, 6.45) is 1.70. The molecule has 0 bridgehead atoms. The molecule has 8 heteroatoms. The number of imidazole rings is 1. The van der Waals surface area contributed by atoms with Gasteiger partial charge in [0.1, 0.15) is 11.3 Å². The van der Waals surface area contributed by atoms with E-state index in [0.717, 1.165) is 11.3 Å². The summed E-state index contributed by atoms with van der Waals surface area (Å²) in [5, 5.41) is 9.24. The van der Waals surface area contributed by atoms with Crippen molar-refractivity contribution in [2.45, 2.75) is 77.2 Å². The maximum absolute atomic E-state index is 13.7. The molecular weight excluding hydrogens is 428 g/mol. The minimum absolute atomic E-state index is 0.0782. The molecule has 1 aromatic carbocycles. The number of carboxylic acids is 1. The summed E-state index contributed by atoms with van der Waals surface area (Å²) in [5.41, 5.74) is 1.72. The van der Waals surface area contributed by atoms with Crippen LogP contribution in [0, 0.1) is 11.8 Å². The Kier molecular flexibility index (Phi) is 6.22. The van der Waals surface area contributed by atoms with Gasteiger partial charge in [-0.2, -0.15) is 0 Å². The minimum Gasteiger partial charge on any atom is -0.481 e. The number of carboxylic acid groups (broad SMARTS) is 1. The number of nitrogens with zero attached hydrogens (tertiary/aromatic N) is 3. The van der Waals surface area contributed by atoms with E-state index in [1.165, 1.54) is 0 Å². The summed E-state index contributed by atoms with van der Waals surface area (Å²) in [7, 11) is 0. The fourth-order valence-electron chi connectivity index (χ4n) is 5.12. The topological polar surface area (TPSA) is 75.4 Å². The average Bonchev–Trinajstić information content (AvgIpc) is 3.14. The van der Waals surface area contributed by atoms with Crippen molar-refractivity contribution < 1.29 is 23.5 Å². The van der Waals surface area contributed by atoms with Gasteiger partial charge in [0.05, 0.1) is 17.0 Å². The zero-order chi connectivity index (χ0) is 24.0. The highest BCUT2D eigenvalue weighted by Gasteiger charge is 2.36. The van der Waals surface area contributed by atoms with Crippen LogP contribution in [0.1, 0.15) is 75.5 Å². The normalized spacial score (nSPS) is 20.3. The number of aliphatic carboxylic acids is 1. The number of hydrogen-bond acceptors (Lipinski definition) is 3. The molecule has 2 aliphatic rings. The molecule has 2 heterocycles. The lowest BCUT2D eigenvalue weighted by molar-refractivity contribution is -0.143. The zero-order valence-corrected chi connectivity index (χ0v) is 19.6. The lowest BCUT2D eigenvalue weighted by Crippen LogP contribution is -2.40. The maximum atomic E-state index is 13.7.